The molecule has 4 aromatic carbocycles. The predicted molar refractivity (Wildman–Crippen MR) is 167 cm³/mol. The average molecular weight is 699 g/mol. The maximum atomic E-state index is 14.0. The van der Waals surface area contributed by atoms with Crippen LogP contribution in [-0.2, 0) is 38.7 Å². The largest absolute Gasteiger partial charge is 0.469 e. The van der Waals surface area contributed by atoms with E-state index in [0.29, 0.717) is 0 Å². The number of nitrogens with zero attached hydrogens (tertiary/aromatic N) is 1. The van der Waals surface area contributed by atoms with Crippen molar-refractivity contribution < 1.29 is 35.9 Å². The fourth-order valence-electron chi connectivity index (χ4n) is 4.61. The van der Waals surface area contributed by atoms with Crippen molar-refractivity contribution in [3.8, 4) is 0 Å². The van der Waals surface area contributed by atoms with Crippen LogP contribution in [0.25, 0.3) is 0 Å². The van der Waals surface area contributed by atoms with Crippen LogP contribution in [0.4, 0.5) is 18.9 Å². The van der Waals surface area contributed by atoms with Crippen LogP contribution < -0.4 is 4.31 Å². The number of Topliss-reactive ketones (excluding diaryl/α,β-unsaturated/α-hetero) is 1. The molecule has 4 aromatic rings. The lowest BCUT2D eigenvalue weighted by Crippen LogP contribution is -2.31. The molecule has 0 saturated heterocycles. The Kier molecular flexibility index (Phi) is 10.9. The molecule has 1 unspecified atom stereocenters. The summed E-state index contributed by atoms with van der Waals surface area (Å²) in [5.74, 6) is -1.88. The quantitative estimate of drug-likeness (QED) is 0.116. The lowest BCUT2D eigenvalue weighted by molar-refractivity contribution is -0.145. The second-order valence-electron chi connectivity index (χ2n) is 9.99. The zero-order valence-electron chi connectivity index (χ0n) is 23.5. The van der Waals surface area contributed by atoms with E-state index in [4.69, 9.17) is 39.5 Å². The molecule has 0 amide bonds. The first-order valence-electron chi connectivity index (χ1n) is 13.3. The molecule has 0 heterocycles. The Morgan fingerprint density at radius 2 is 1.51 bits per heavy atom. The van der Waals surface area contributed by atoms with Gasteiger partial charge in [-0.2, -0.15) is 13.2 Å². The van der Waals surface area contributed by atoms with Gasteiger partial charge < -0.3 is 4.74 Å². The average Bonchev–Trinajstić information content (AvgIpc) is 3.01. The number of methoxy groups -OCH3 is 1. The van der Waals surface area contributed by atoms with Crippen molar-refractivity contribution >= 4 is 62.3 Å². The molecule has 0 spiro atoms. The Bertz CT molecular complexity index is 1820. The van der Waals surface area contributed by atoms with Gasteiger partial charge in [0.2, 0.25) is 0 Å². The molecule has 0 aliphatic heterocycles. The van der Waals surface area contributed by atoms with Crippen molar-refractivity contribution in [2.24, 2.45) is 5.92 Å². The van der Waals surface area contributed by atoms with Gasteiger partial charge in [-0.15, -0.1) is 0 Å². The fraction of sp³-hybridized carbons (Fsp3) is 0.188. The van der Waals surface area contributed by atoms with Crippen LogP contribution in [-0.4, -0.2) is 27.3 Å². The summed E-state index contributed by atoms with van der Waals surface area (Å²) in [4.78, 5) is 25.7. The molecule has 0 aliphatic rings. The van der Waals surface area contributed by atoms with Gasteiger partial charge in [0, 0.05) is 12.0 Å². The molecule has 0 N–H and O–H groups in total. The number of rotatable bonds is 11. The maximum absolute atomic E-state index is 14.0. The van der Waals surface area contributed by atoms with Gasteiger partial charge in [-0.1, -0.05) is 83.3 Å². The van der Waals surface area contributed by atoms with Crippen molar-refractivity contribution in [1.29, 1.82) is 0 Å². The highest BCUT2D eigenvalue weighted by molar-refractivity contribution is 7.92. The van der Waals surface area contributed by atoms with Gasteiger partial charge in [0.1, 0.15) is 0 Å². The van der Waals surface area contributed by atoms with Crippen LogP contribution in [0.1, 0.15) is 33.5 Å². The van der Waals surface area contributed by atoms with E-state index < -0.39 is 51.0 Å². The summed E-state index contributed by atoms with van der Waals surface area (Å²) < 4.78 is 74.6. The molecule has 13 heteroatoms. The van der Waals surface area contributed by atoms with Gasteiger partial charge >= 0.3 is 12.1 Å². The van der Waals surface area contributed by atoms with E-state index in [1.165, 1.54) is 49.6 Å². The Balaban J connectivity index is 1.74. The number of halogens is 6. The van der Waals surface area contributed by atoms with Crippen LogP contribution in [0.3, 0.4) is 0 Å². The first-order chi connectivity index (χ1) is 21.2. The number of hydrogen-bond acceptors (Lipinski definition) is 5. The molecule has 0 bridgehead atoms. The smallest absolute Gasteiger partial charge is 0.417 e. The minimum Gasteiger partial charge on any atom is -0.469 e. The SMILES string of the molecule is COC(=O)C(CC(=O)c1cccc(N(Cc2ccc(Cl)c(C(F)(F)F)c2)S(=O)(=O)c2ccc(Cl)c(Cl)c2)c1)Cc1ccccc1. The molecule has 0 radical (unpaired) electrons. The molecule has 1 atom stereocenters. The highest BCUT2D eigenvalue weighted by Gasteiger charge is 2.34. The standard InChI is InChI=1S/C32H25Cl3F3NO5S/c1-44-31(41)23(14-20-6-3-2-4-7-20)17-30(40)22-8-5-9-24(16-22)39(45(42,43)25-11-13-28(34)29(35)18-25)19-21-10-12-27(33)26(15-21)32(36,37)38/h2-13,15-16,18,23H,14,17,19H2,1H3. The van der Waals surface area contributed by atoms with Gasteiger partial charge in [-0.3, -0.25) is 13.9 Å². The third kappa shape index (κ3) is 8.38. The second-order valence-corrected chi connectivity index (χ2v) is 13.1. The van der Waals surface area contributed by atoms with E-state index in [9.17, 15) is 31.2 Å². The number of carbonyl (C=O) groups excluding carboxylic acids is 2. The minimum absolute atomic E-state index is 0.0203. The van der Waals surface area contributed by atoms with E-state index in [1.807, 2.05) is 18.2 Å². The molecule has 0 fully saturated rings. The van der Waals surface area contributed by atoms with Crippen LogP contribution in [0.15, 0.2) is 95.9 Å². The summed E-state index contributed by atoms with van der Waals surface area (Å²) in [6.07, 6.45) is -4.80. The highest BCUT2D eigenvalue weighted by atomic mass is 35.5. The minimum atomic E-state index is -4.79. The molecule has 0 aliphatic carbocycles. The third-order valence-corrected chi connectivity index (χ3v) is 9.73. The van der Waals surface area contributed by atoms with E-state index in [1.54, 1.807) is 12.1 Å². The Morgan fingerprint density at radius 3 is 2.16 bits per heavy atom. The van der Waals surface area contributed by atoms with Gasteiger partial charge in [0.05, 0.1) is 50.8 Å². The first kappa shape index (κ1) is 34.3. The second kappa shape index (κ2) is 14.2. The van der Waals surface area contributed by atoms with Crippen molar-refractivity contribution in [3.05, 3.63) is 128 Å². The predicted octanol–water partition coefficient (Wildman–Crippen LogP) is 8.67. The van der Waals surface area contributed by atoms with Gasteiger partial charge in [0.25, 0.3) is 10.0 Å². The molecule has 4 rings (SSSR count). The number of hydrogen-bond donors (Lipinski definition) is 0. The summed E-state index contributed by atoms with van der Waals surface area (Å²) >= 11 is 17.9. The maximum Gasteiger partial charge on any atom is 0.417 e. The number of ketones is 1. The van der Waals surface area contributed by atoms with E-state index in [2.05, 4.69) is 0 Å². The number of anilines is 1. The number of esters is 1. The van der Waals surface area contributed by atoms with Crippen molar-refractivity contribution in [3.63, 3.8) is 0 Å². The number of carbonyl (C=O) groups is 2. The molecule has 0 saturated carbocycles. The summed E-state index contributed by atoms with van der Waals surface area (Å²) in [7, 11) is -3.26. The Morgan fingerprint density at radius 1 is 0.822 bits per heavy atom. The molecule has 0 aromatic heterocycles. The fourth-order valence-corrected chi connectivity index (χ4v) is 6.67. The monoisotopic (exact) mass is 697 g/mol. The van der Waals surface area contributed by atoms with Crippen LogP contribution in [0, 0.1) is 5.92 Å². The van der Waals surface area contributed by atoms with Crippen LogP contribution in [0.5, 0.6) is 0 Å². The van der Waals surface area contributed by atoms with Crippen LogP contribution >= 0.6 is 34.8 Å². The first-order valence-corrected chi connectivity index (χ1v) is 15.9. The summed E-state index contributed by atoms with van der Waals surface area (Å²) in [6.45, 7) is -0.556. The number of alkyl halides is 3. The molecular weight excluding hydrogens is 674 g/mol. The van der Waals surface area contributed by atoms with E-state index >= 15 is 0 Å². The van der Waals surface area contributed by atoms with Gasteiger partial charge in [-0.25, -0.2) is 8.42 Å². The number of benzene rings is 4. The summed E-state index contributed by atoms with van der Waals surface area (Å²) in [6, 6.07) is 21.3. The van der Waals surface area contributed by atoms with Crippen molar-refractivity contribution in [2.75, 3.05) is 11.4 Å². The van der Waals surface area contributed by atoms with Crippen LogP contribution in [0.2, 0.25) is 15.1 Å². The van der Waals surface area contributed by atoms with Crippen molar-refractivity contribution in [1.82, 2.24) is 0 Å². The molecule has 45 heavy (non-hydrogen) atoms. The third-order valence-electron chi connectivity index (χ3n) is 6.89. The highest BCUT2D eigenvalue weighted by Crippen LogP contribution is 2.37. The van der Waals surface area contributed by atoms with E-state index in [0.717, 1.165) is 28.1 Å². The van der Waals surface area contributed by atoms with Gasteiger partial charge in [0.15, 0.2) is 5.78 Å². The number of ether oxygens (including phenoxy) is 1. The summed E-state index contributed by atoms with van der Waals surface area (Å²) in [5.41, 5.74) is -0.288. The lowest BCUT2D eigenvalue weighted by atomic mass is 9.92. The normalized spacial score (nSPS) is 12.4. The Hall–Kier alpha value is -3.57. The number of sulfonamides is 1. The lowest BCUT2D eigenvalue weighted by Gasteiger charge is -2.26. The van der Waals surface area contributed by atoms with E-state index in [-0.39, 0.29) is 44.6 Å². The van der Waals surface area contributed by atoms with Gasteiger partial charge in [-0.05, 0) is 60.0 Å². The van der Waals surface area contributed by atoms with Crippen molar-refractivity contribution in [2.45, 2.75) is 30.5 Å². The zero-order chi connectivity index (χ0) is 32.9. The Labute approximate surface area is 273 Å². The summed E-state index contributed by atoms with van der Waals surface area (Å²) in [5, 5.41) is -0.508. The topological polar surface area (TPSA) is 80.8 Å². The molecule has 236 valence electrons. The molecule has 6 nitrogen and oxygen atoms in total. The zero-order valence-corrected chi connectivity index (χ0v) is 26.6. The molecular formula is C32H25Cl3F3NO5S.